The number of halogens is 1. The number of aromatic hydroxyl groups is 1. The van der Waals surface area contributed by atoms with Gasteiger partial charge in [-0.3, -0.25) is 19.1 Å². The topological polar surface area (TPSA) is 121 Å². The number of aromatic nitrogens is 3. The van der Waals surface area contributed by atoms with Crippen LogP contribution < -0.4 is 10.9 Å². The summed E-state index contributed by atoms with van der Waals surface area (Å²) in [6.07, 6.45) is 2.93. The number of amides is 1. The predicted molar refractivity (Wildman–Crippen MR) is 124 cm³/mol. The molecule has 1 amide bonds. The van der Waals surface area contributed by atoms with E-state index >= 15 is 0 Å². The minimum atomic E-state index is -0.759. The van der Waals surface area contributed by atoms with E-state index in [9.17, 15) is 19.1 Å². The van der Waals surface area contributed by atoms with Crippen molar-refractivity contribution in [3.05, 3.63) is 87.7 Å². The van der Waals surface area contributed by atoms with E-state index in [0.717, 1.165) is 0 Å². The van der Waals surface area contributed by atoms with Crippen molar-refractivity contribution in [2.45, 2.75) is 26.4 Å². The lowest BCUT2D eigenvalue weighted by atomic mass is 10.1. The monoisotopic (exact) mass is 457 g/mol. The number of nitrogens with zero attached hydrogens (tertiary/aromatic N) is 4. The third kappa shape index (κ3) is 4.09. The zero-order chi connectivity index (χ0) is 24.4. The minimum Gasteiger partial charge on any atom is -0.506 e. The Bertz CT molecular complexity index is 1490. The molecule has 0 bridgehead atoms. The van der Waals surface area contributed by atoms with Gasteiger partial charge in [0.1, 0.15) is 28.8 Å². The van der Waals surface area contributed by atoms with Crippen LogP contribution in [-0.4, -0.2) is 25.5 Å². The molecule has 0 saturated heterocycles. The number of carbonyl (C=O) groups is 1. The Morgan fingerprint density at radius 2 is 1.94 bits per heavy atom. The van der Waals surface area contributed by atoms with E-state index in [1.54, 1.807) is 32.0 Å². The highest BCUT2D eigenvalue weighted by Crippen LogP contribution is 2.29. The zero-order valence-corrected chi connectivity index (χ0v) is 18.4. The van der Waals surface area contributed by atoms with Crippen LogP contribution in [0.3, 0.4) is 0 Å². The summed E-state index contributed by atoms with van der Waals surface area (Å²) in [5.74, 6) is -1.65. The smallest absolute Gasteiger partial charge is 0.268 e. The summed E-state index contributed by atoms with van der Waals surface area (Å²) in [7, 11) is 0. The SMILES string of the molecule is CCn1c(=O)c(C(=O)NC(C)c2ccc(F)cc2)c(O)c2cc(-c3ccc(C#N)cn3)cnc21. The first-order valence-corrected chi connectivity index (χ1v) is 10.5. The summed E-state index contributed by atoms with van der Waals surface area (Å²) < 4.78 is 14.5. The van der Waals surface area contributed by atoms with Gasteiger partial charge in [0.15, 0.2) is 0 Å². The standard InChI is InChI=1S/C25H20FN5O3/c1-3-31-23-19(10-17(13-29-23)20-9-4-15(11-27)12-28-20)22(32)21(25(31)34)24(33)30-14(2)16-5-7-18(26)8-6-16/h4-10,12-14,32H,3H2,1-2H3,(H,30,33). The van der Waals surface area contributed by atoms with Crippen LogP contribution in [0.1, 0.15) is 41.4 Å². The van der Waals surface area contributed by atoms with Gasteiger partial charge in [-0.2, -0.15) is 5.26 Å². The molecule has 0 fully saturated rings. The number of rotatable bonds is 5. The Kier molecular flexibility index (Phi) is 6.06. The van der Waals surface area contributed by atoms with E-state index in [1.165, 1.54) is 41.2 Å². The Morgan fingerprint density at radius 3 is 2.56 bits per heavy atom. The van der Waals surface area contributed by atoms with Gasteiger partial charge in [0, 0.05) is 24.5 Å². The van der Waals surface area contributed by atoms with Crippen LogP contribution in [0, 0.1) is 17.1 Å². The Balaban J connectivity index is 1.79. The molecule has 4 rings (SSSR count). The number of fused-ring (bicyclic) bond motifs is 1. The molecular weight excluding hydrogens is 437 g/mol. The van der Waals surface area contributed by atoms with Gasteiger partial charge in [0.05, 0.1) is 22.7 Å². The van der Waals surface area contributed by atoms with E-state index in [4.69, 9.17) is 5.26 Å². The second-order valence-electron chi connectivity index (χ2n) is 7.66. The number of nitriles is 1. The molecule has 8 nitrogen and oxygen atoms in total. The van der Waals surface area contributed by atoms with Crippen LogP contribution >= 0.6 is 0 Å². The molecular formula is C25H20FN5O3. The maximum Gasteiger partial charge on any atom is 0.268 e. The maximum absolute atomic E-state index is 13.2. The average Bonchev–Trinajstić information content (AvgIpc) is 2.84. The zero-order valence-electron chi connectivity index (χ0n) is 18.4. The number of benzene rings is 1. The molecule has 170 valence electrons. The lowest BCUT2D eigenvalue weighted by Gasteiger charge is -2.17. The first-order valence-electron chi connectivity index (χ1n) is 10.5. The molecule has 0 aliphatic rings. The van der Waals surface area contributed by atoms with E-state index < -0.39 is 34.6 Å². The van der Waals surface area contributed by atoms with Crippen molar-refractivity contribution >= 4 is 16.9 Å². The van der Waals surface area contributed by atoms with Crippen molar-refractivity contribution in [3.8, 4) is 23.1 Å². The largest absolute Gasteiger partial charge is 0.506 e. The van der Waals surface area contributed by atoms with Gasteiger partial charge in [-0.05, 0) is 49.7 Å². The number of aryl methyl sites for hydroxylation is 1. The van der Waals surface area contributed by atoms with E-state index in [1.807, 2.05) is 6.07 Å². The molecule has 0 spiro atoms. The highest BCUT2D eigenvalue weighted by atomic mass is 19.1. The van der Waals surface area contributed by atoms with Gasteiger partial charge in [-0.1, -0.05) is 12.1 Å². The molecule has 3 heterocycles. The summed E-state index contributed by atoms with van der Waals surface area (Å²) in [4.78, 5) is 34.7. The number of nitrogens with one attached hydrogen (secondary N) is 1. The molecule has 0 aliphatic heterocycles. The Labute approximate surface area is 194 Å². The van der Waals surface area contributed by atoms with Gasteiger partial charge in [0.2, 0.25) is 0 Å². The second-order valence-corrected chi connectivity index (χ2v) is 7.66. The van der Waals surface area contributed by atoms with Gasteiger partial charge < -0.3 is 10.4 Å². The summed E-state index contributed by atoms with van der Waals surface area (Å²) in [5, 5.41) is 22.8. The van der Waals surface area contributed by atoms with Crippen molar-refractivity contribution in [3.63, 3.8) is 0 Å². The maximum atomic E-state index is 13.2. The molecule has 0 aliphatic carbocycles. The lowest BCUT2D eigenvalue weighted by Crippen LogP contribution is -2.34. The van der Waals surface area contributed by atoms with Crippen molar-refractivity contribution in [2.75, 3.05) is 0 Å². The number of pyridine rings is 3. The first kappa shape index (κ1) is 22.6. The third-order valence-electron chi connectivity index (χ3n) is 5.52. The van der Waals surface area contributed by atoms with Crippen molar-refractivity contribution in [2.24, 2.45) is 0 Å². The minimum absolute atomic E-state index is 0.213. The lowest BCUT2D eigenvalue weighted by molar-refractivity contribution is 0.0935. The van der Waals surface area contributed by atoms with E-state index in [-0.39, 0.29) is 17.6 Å². The fourth-order valence-corrected chi connectivity index (χ4v) is 3.69. The van der Waals surface area contributed by atoms with Crippen LogP contribution in [0.2, 0.25) is 0 Å². The fraction of sp³-hybridized carbons (Fsp3) is 0.160. The molecule has 3 aromatic heterocycles. The number of hydrogen-bond donors (Lipinski definition) is 2. The molecule has 1 atom stereocenters. The summed E-state index contributed by atoms with van der Waals surface area (Å²) >= 11 is 0. The molecule has 2 N–H and O–H groups in total. The molecule has 4 aromatic rings. The average molecular weight is 457 g/mol. The quantitative estimate of drug-likeness (QED) is 0.472. The highest BCUT2D eigenvalue weighted by molar-refractivity contribution is 6.02. The number of hydrogen-bond acceptors (Lipinski definition) is 6. The number of carbonyl (C=O) groups excluding carboxylic acids is 1. The van der Waals surface area contributed by atoms with Gasteiger partial charge in [0.25, 0.3) is 11.5 Å². The van der Waals surface area contributed by atoms with E-state index in [2.05, 4.69) is 15.3 Å². The van der Waals surface area contributed by atoms with Crippen molar-refractivity contribution in [1.29, 1.82) is 5.26 Å². The van der Waals surface area contributed by atoms with Gasteiger partial charge in [-0.15, -0.1) is 0 Å². The third-order valence-corrected chi connectivity index (χ3v) is 5.52. The fourth-order valence-electron chi connectivity index (χ4n) is 3.69. The Hall–Kier alpha value is -4.58. The summed E-state index contributed by atoms with van der Waals surface area (Å²) in [5.41, 5.74) is 1.24. The molecule has 9 heteroatoms. The van der Waals surface area contributed by atoms with Crippen LogP contribution in [0.4, 0.5) is 4.39 Å². The normalized spacial score (nSPS) is 11.7. The highest BCUT2D eigenvalue weighted by Gasteiger charge is 2.24. The molecule has 0 radical (unpaired) electrons. The second kappa shape index (κ2) is 9.11. The van der Waals surface area contributed by atoms with Crippen LogP contribution in [-0.2, 0) is 6.54 Å². The summed E-state index contributed by atoms with van der Waals surface area (Å²) in [6, 6.07) is 11.9. The first-order chi connectivity index (χ1) is 16.3. The van der Waals surface area contributed by atoms with Gasteiger partial charge in [-0.25, -0.2) is 9.37 Å². The van der Waals surface area contributed by atoms with Crippen LogP contribution in [0.15, 0.2) is 59.7 Å². The Morgan fingerprint density at radius 1 is 1.21 bits per heavy atom. The van der Waals surface area contributed by atoms with E-state index in [0.29, 0.717) is 22.4 Å². The van der Waals surface area contributed by atoms with Crippen LogP contribution in [0.5, 0.6) is 5.75 Å². The van der Waals surface area contributed by atoms with Gasteiger partial charge >= 0.3 is 0 Å². The molecule has 1 unspecified atom stereocenters. The molecule has 34 heavy (non-hydrogen) atoms. The molecule has 0 saturated carbocycles. The van der Waals surface area contributed by atoms with Crippen LogP contribution in [0.25, 0.3) is 22.3 Å². The van der Waals surface area contributed by atoms with Crippen molar-refractivity contribution < 1.29 is 14.3 Å². The summed E-state index contributed by atoms with van der Waals surface area (Å²) in [6.45, 7) is 3.65. The predicted octanol–water partition coefficient (Wildman–Crippen LogP) is 3.69. The van der Waals surface area contributed by atoms with Crippen molar-refractivity contribution in [1.82, 2.24) is 19.9 Å². The molecule has 1 aromatic carbocycles.